The number of nitrogens with one attached hydrogen (secondary N) is 1. The lowest BCUT2D eigenvalue weighted by molar-refractivity contribution is 0.172. The molecule has 2 aliphatic rings. The zero-order valence-corrected chi connectivity index (χ0v) is 17.1. The number of hydrogen-bond donors (Lipinski definition) is 1. The summed E-state index contributed by atoms with van der Waals surface area (Å²) in [6, 6.07) is 2.98. The Labute approximate surface area is 170 Å². The van der Waals surface area contributed by atoms with Crippen LogP contribution in [0.4, 0.5) is 4.79 Å². The van der Waals surface area contributed by atoms with E-state index in [0.717, 1.165) is 24.5 Å². The van der Waals surface area contributed by atoms with Gasteiger partial charge in [0.05, 0.1) is 5.69 Å². The van der Waals surface area contributed by atoms with E-state index in [0.29, 0.717) is 26.1 Å². The van der Waals surface area contributed by atoms with Gasteiger partial charge in [-0.1, -0.05) is 0 Å². The number of pyridine rings is 1. The Hall–Kier alpha value is -2.46. The number of imidazole rings is 1. The van der Waals surface area contributed by atoms with Crippen molar-refractivity contribution in [1.29, 1.82) is 0 Å². The second kappa shape index (κ2) is 8.50. The average molecular weight is 419 g/mol. The average Bonchev–Trinajstić information content (AvgIpc) is 3.17. The van der Waals surface area contributed by atoms with E-state index in [-0.39, 0.29) is 24.0 Å². The molecule has 0 aromatic carbocycles. The Morgan fingerprint density at radius 2 is 1.97 bits per heavy atom. The maximum absolute atomic E-state index is 12.6. The van der Waals surface area contributed by atoms with Gasteiger partial charge in [-0.3, -0.25) is 4.98 Å². The van der Waals surface area contributed by atoms with Crippen LogP contribution in [0.25, 0.3) is 0 Å². The van der Waals surface area contributed by atoms with Crippen LogP contribution in [-0.4, -0.2) is 70.9 Å². The first kappa shape index (κ1) is 19.8. The van der Waals surface area contributed by atoms with Crippen LogP contribution < -0.4 is 5.32 Å². The first-order valence-corrected chi connectivity index (χ1v) is 11.5. The maximum atomic E-state index is 12.6. The Kier molecular flexibility index (Phi) is 5.81. The number of piperazine rings is 1. The normalized spacial score (nSPS) is 17.7. The van der Waals surface area contributed by atoms with Crippen molar-refractivity contribution in [2.24, 2.45) is 0 Å². The second-order valence-corrected chi connectivity index (χ2v) is 9.30. The third kappa shape index (κ3) is 4.43. The molecule has 9 nitrogen and oxygen atoms in total. The highest BCUT2D eigenvalue weighted by atomic mass is 32.2. The second-order valence-electron chi connectivity index (χ2n) is 7.36. The smallest absolute Gasteiger partial charge is 0.317 e. The lowest BCUT2D eigenvalue weighted by Crippen LogP contribution is -2.53. The SMILES string of the molecule is O=C(NCCc1cn2c(n1)CCCC2)N1CCN(S(=O)(=O)c2cccnc2)CC1. The minimum absolute atomic E-state index is 0.160. The van der Waals surface area contributed by atoms with E-state index in [1.165, 1.54) is 29.4 Å². The summed E-state index contributed by atoms with van der Waals surface area (Å²) >= 11 is 0. The molecule has 2 aromatic heterocycles. The summed E-state index contributed by atoms with van der Waals surface area (Å²) in [6.45, 7) is 2.83. The van der Waals surface area contributed by atoms with Crippen LogP contribution in [0.5, 0.6) is 0 Å². The third-order valence-electron chi connectivity index (χ3n) is 5.41. The standard InChI is InChI=1S/C19H26N6O3S/c26-19(21-8-6-16-15-24-9-2-1-5-18(24)22-16)23-10-12-25(13-11-23)29(27,28)17-4-3-7-20-14-17/h3-4,7,14-15H,1-2,5-6,8-13H2,(H,21,26). The fourth-order valence-corrected chi connectivity index (χ4v) is 5.17. The number of urea groups is 1. The van der Waals surface area contributed by atoms with Crippen molar-refractivity contribution in [1.82, 2.24) is 29.1 Å². The van der Waals surface area contributed by atoms with Crippen molar-refractivity contribution in [3.63, 3.8) is 0 Å². The van der Waals surface area contributed by atoms with Crippen molar-refractivity contribution in [3.8, 4) is 0 Å². The molecule has 2 aromatic rings. The van der Waals surface area contributed by atoms with Gasteiger partial charge >= 0.3 is 6.03 Å². The molecule has 4 heterocycles. The quantitative estimate of drug-likeness (QED) is 0.777. The Balaban J connectivity index is 1.24. The van der Waals surface area contributed by atoms with E-state index in [4.69, 9.17) is 0 Å². The highest BCUT2D eigenvalue weighted by Gasteiger charge is 2.30. The number of aromatic nitrogens is 3. The third-order valence-corrected chi connectivity index (χ3v) is 7.30. The largest absolute Gasteiger partial charge is 0.338 e. The zero-order chi connectivity index (χ0) is 20.3. The molecule has 156 valence electrons. The fourth-order valence-electron chi connectivity index (χ4n) is 3.78. The number of amides is 2. The summed E-state index contributed by atoms with van der Waals surface area (Å²) in [5.74, 6) is 1.14. The van der Waals surface area contributed by atoms with E-state index in [9.17, 15) is 13.2 Å². The minimum Gasteiger partial charge on any atom is -0.338 e. The van der Waals surface area contributed by atoms with Crippen molar-refractivity contribution in [2.45, 2.75) is 37.1 Å². The Morgan fingerprint density at radius 3 is 2.69 bits per heavy atom. The molecule has 2 aliphatic heterocycles. The number of aryl methyl sites for hydroxylation is 2. The van der Waals surface area contributed by atoms with Gasteiger partial charge in [-0.25, -0.2) is 18.2 Å². The molecule has 2 amide bonds. The van der Waals surface area contributed by atoms with E-state index < -0.39 is 10.0 Å². The molecule has 4 rings (SSSR count). The van der Waals surface area contributed by atoms with Crippen molar-refractivity contribution in [2.75, 3.05) is 32.7 Å². The molecule has 1 N–H and O–H groups in total. The summed E-state index contributed by atoms with van der Waals surface area (Å²) in [7, 11) is -3.56. The van der Waals surface area contributed by atoms with Crippen molar-refractivity contribution >= 4 is 16.1 Å². The summed E-state index contributed by atoms with van der Waals surface area (Å²) in [5, 5.41) is 2.93. The number of carbonyl (C=O) groups is 1. The number of carbonyl (C=O) groups excluding carboxylic acids is 1. The molecule has 0 spiro atoms. The van der Waals surface area contributed by atoms with Gasteiger partial charge < -0.3 is 14.8 Å². The molecular weight excluding hydrogens is 392 g/mol. The lowest BCUT2D eigenvalue weighted by Gasteiger charge is -2.33. The summed E-state index contributed by atoms with van der Waals surface area (Å²) < 4.78 is 28.9. The number of nitrogens with zero attached hydrogens (tertiary/aromatic N) is 5. The van der Waals surface area contributed by atoms with Crippen molar-refractivity contribution in [3.05, 3.63) is 42.2 Å². The predicted molar refractivity (Wildman–Crippen MR) is 107 cm³/mol. The topological polar surface area (TPSA) is 100 Å². The first-order valence-electron chi connectivity index (χ1n) is 10.0. The van der Waals surface area contributed by atoms with Gasteiger partial charge in [0.2, 0.25) is 10.0 Å². The minimum atomic E-state index is -3.56. The van der Waals surface area contributed by atoms with Gasteiger partial charge in [0.25, 0.3) is 0 Å². The molecule has 0 aliphatic carbocycles. The van der Waals surface area contributed by atoms with E-state index in [1.807, 2.05) is 0 Å². The highest BCUT2D eigenvalue weighted by Crippen LogP contribution is 2.17. The molecule has 1 saturated heterocycles. The Bertz CT molecular complexity index is 928. The van der Waals surface area contributed by atoms with Crippen LogP contribution in [0.1, 0.15) is 24.4 Å². The summed E-state index contributed by atoms with van der Waals surface area (Å²) in [4.78, 5) is 22.8. The van der Waals surface area contributed by atoms with E-state index >= 15 is 0 Å². The van der Waals surface area contributed by atoms with Crippen LogP contribution in [0.3, 0.4) is 0 Å². The van der Waals surface area contributed by atoms with E-state index in [2.05, 4.69) is 26.0 Å². The van der Waals surface area contributed by atoms with Crippen LogP contribution >= 0.6 is 0 Å². The lowest BCUT2D eigenvalue weighted by atomic mass is 10.2. The van der Waals surface area contributed by atoms with Crippen LogP contribution in [0, 0.1) is 0 Å². The van der Waals surface area contributed by atoms with E-state index in [1.54, 1.807) is 17.2 Å². The number of fused-ring (bicyclic) bond motifs is 1. The van der Waals surface area contributed by atoms with Gasteiger partial charge in [-0.15, -0.1) is 0 Å². The van der Waals surface area contributed by atoms with Gasteiger partial charge in [-0.05, 0) is 25.0 Å². The summed E-state index contributed by atoms with van der Waals surface area (Å²) in [5.41, 5.74) is 1.01. The molecular formula is C19H26N6O3S. The molecule has 1 fully saturated rings. The van der Waals surface area contributed by atoms with Crippen LogP contribution in [0.2, 0.25) is 0 Å². The van der Waals surface area contributed by atoms with Crippen molar-refractivity contribution < 1.29 is 13.2 Å². The van der Waals surface area contributed by atoms with Crippen LogP contribution in [-0.2, 0) is 29.4 Å². The van der Waals surface area contributed by atoms with Gasteiger partial charge in [0.15, 0.2) is 0 Å². The number of hydrogen-bond acceptors (Lipinski definition) is 5. The molecule has 0 bridgehead atoms. The highest BCUT2D eigenvalue weighted by molar-refractivity contribution is 7.89. The maximum Gasteiger partial charge on any atom is 0.317 e. The molecule has 0 atom stereocenters. The fraction of sp³-hybridized carbons (Fsp3) is 0.526. The number of sulfonamides is 1. The number of rotatable bonds is 5. The monoisotopic (exact) mass is 418 g/mol. The Morgan fingerprint density at radius 1 is 1.14 bits per heavy atom. The molecule has 0 saturated carbocycles. The molecule has 0 radical (unpaired) electrons. The van der Waals surface area contributed by atoms with Gasteiger partial charge in [0, 0.05) is 70.7 Å². The van der Waals surface area contributed by atoms with Gasteiger partial charge in [0.1, 0.15) is 10.7 Å². The first-order chi connectivity index (χ1) is 14.0. The molecule has 10 heteroatoms. The predicted octanol–water partition coefficient (Wildman–Crippen LogP) is 0.873. The molecule has 29 heavy (non-hydrogen) atoms. The van der Waals surface area contributed by atoms with Gasteiger partial charge in [-0.2, -0.15) is 4.31 Å². The summed E-state index contributed by atoms with van der Waals surface area (Å²) in [6.07, 6.45) is 9.09. The molecule has 0 unspecified atom stereocenters. The van der Waals surface area contributed by atoms with Crippen LogP contribution in [0.15, 0.2) is 35.6 Å². The zero-order valence-electron chi connectivity index (χ0n) is 16.3.